The van der Waals surface area contributed by atoms with Crippen LogP contribution in [0, 0.1) is 0 Å². The number of carbonyl (C=O) groups is 3. The predicted molar refractivity (Wildman–Crippen MR) is 64.8 cm³/mol. The molecular formula is C10H13N3O5S. The molecule has 1 rings (SSSR count). The Morgan fingerprint density at radius 2 is 2.16 bits per heavy atom. The molecule has 104 valence electrons. The van der Waals surface area contributed by atoms with Crippen molar-refractivity contribution < 1.29 is 24.2 Å². The lowest BCUT2D eigenvalue weighted by Crippen LogP contribution is -2.42. The average Bonchev–Trinajstić information content (AvgIpc) is 2.85. The molecule has 0 radical (unpaired) electrons. The number of aromatic nitrogens is 2. The van der Waals surface area contributed by atoms with E-state index in [0.717, 1.165) is 18.6 Å². The summed E-state index contributed by atoms with van der Waals surface area (Å²) in [5, 5.41) is 14.9. The van der Waals surface area contributed by atoms with Crippen molar-refractivity contribution >= 4 is 29.4 Å². The molecule has 0 saturated heterocycles. The molecular weight excluding hydrogens is 274 g/mol. The van der Waals surface area contributed by atoms with Gasteiger partial charge in [-0.05, 0) is 18.0 Å². The largest absolute Gasteiger partial charge is 0.480 e. The van der Waals surface area contributed by atoms with E-state index in [-0.39, 0.29) is 4.88 Å². The highest BCUT2D eigenvalue weighted by molar-refractivity contribution is 7.08. The van der Waals surface area contributed by atoms with Crippen LogP contribution in [-0.4, -0.2) is 45.7 Å². The Morgan fingerprint density at radius 1 is 1.47 bits per heavy atom. The number of hydrogen-bond acceptors (Lipinski definition) is 7. The number of aryl methyl sites for hydroxylation is 1. The summed E-state index contributed by atoms with van der Waals surface area (Å²) in [6, 6.07) is -1.34. The molecule has 1 atom stereocenters. The summed E-state index contributed by atoms with van der Waals surface area (Å²) >= 11 is 0.878. The number of esters is 1. The van der Waals surface area contributed by atoms with Crippen molar-refractivity contribution in [2.24, 2.45) is 0 Å². The molecule has 0 aliphatic heterocycles. The minimum atomic E-state index is -1.34. The van der Waals surface area contributed by atoms with Crippen LogP contribution in [-0.2, 0) is 20.7 Å². The minimum absolute atomic E-state index is 0.249. The SMILES string of the molecule is CCc1nnsc1C(=O)N[C@@H](CC(=O)OC)C(=O)O. The van der Waals surface area contributed by atoms with Gasteiger partial charge in [-0.1, -0.05) is 11.4 Å². The first-order valence-corrected chi connectivity index (χ1v) is 6.18. The zero-order chi connectivity index (χ0) is 14.4. The zero-order valence-corrected chi connectivity index (χ0v) is 11.2. The molecule has 0 aliphatic rings. The Labute approximate surface area is 112 Å². The van der Waals surface area contributed by atoms with Crippen LogP contribution in [0.5, 0.6) is 0 Å². The maximum absolute atomic E-state index is 11.9. The Balaban J connectivity index is 2.77. The van der Waals surface area contributed by atoms with Crippen molar-refractivity contribution in [3.63, 3.8) is 0 Å². The van der Waals surface area contributed by atoms with Gasteiger partial charge >= 0.3 is 11.9 Å². The predicted octanol–water partition coefficient (Wildman–Crippen LogP) is -0.153. The van der Waals surface area contributed by atoms with Gasteiger partial charge in [0.25, 0.3) is 5.91 Å². The summed E-state index contributed by atoms with van der Waals surface area (Å²) in [7, 11) is 1.14. The van der Waals surface area contributed by atoms with Crippen molar-refractivity contribution in [3.8, 4) is 0 Å². The Hall–Kier alpha value is -2.03. The van der Waals surface area contributed by atoms with Crippen LogP contribution in [0.25, 0.3) is 0 Å². The van der Waals surface area contributed by atoms with Crippen LogP contribution in [0.2, 0.25) is 0 Å². The molecule has 1 aromatic heterocycles. The zero-order valence-electron chi connectivity index (χ0n) is 10.4. The average molecular weight is 287 g/mol. The third-order valence-corrected chi connectivity index (χ3v) is 3.07. The van der Waals surface area contributed by atoms with Gasteiger partial charge < -0.3 is 15.2 Å². The van der Waals surface area contributed by atoms with E-state index in [1.54, 1.807) is 6.92 Å². The van der Waals surface area contributed by atoms with Gasteiger partial charge in [-0.15, -0.1) is 5.10 Å². The lowest BCUT2D eigenvalue weighted by atomic mass is 10.2. The molecule has 1 aromatic rings. The van der Waals surface area contributed by atoms with Gasteiger partial charge in [-0.3, -0.25) is 9.59 Å². The number of methoxy groups -OCH3 is 1. The Bertz CT molecular complexity index is 487. The summed E-state index contributed by atoms with van der Waals surface area (Å²) in [4.78, 5) is 34.1. The van der Waals surface area contributed by atoms with Crippen molar-refractivity contribution in [1.29, 1.82) is 0 Å². The van der Waals surface area contributed by atoms with Crippen molar-refractivity contribution in [3.05, 3.63) is 10.6 Å². The number of aliphatic carboxylic acids is 1. The number of carbonyl (C=O) groups excluding carboxylic acids is 2. The minimum Gasteiger partial charge on any atom is -0.480 e. The summed E-state index contributed by atoms with van der Waals surface area (Å²) in [5.41, 5.74) is 0.490. The van der Waals surface area contributed by atoms with Crippen molar-refractivity contribution in [2.75, 3.05) is 7.11 Å². The van der Waals surface area contributed by atoms with Gasteiger partial charge in [0.1, 0.15) is 10.9 Å². The molecule has 0 fully saturated rings. The molecule has 0 aromatic carbocycles. The van der Waals surface area contributed by atoms with Gasteiger partial charge in [0.15, 0.2) is 0 Å². The smallest absolute Gasteiger partial charge is 0.326 e. The third-order valence-electron chi connectivity index (χ3n) is 2.30. The number of carboxylic acid groups (broad SMARTS) is 1. The maximum Gasteiger partial charge on any atom is 0.326 e. The van der Waals surface area contributed by atoms with E-state index in [0.29, 0.717) is 12.1 Å². The first-order chi connectivity index (χ1) is 8.99. The molecule has 1 amide bonds. The standard InChI is InChI=1S/C10H13N3O5S/c1-3-5-8(19-13-12-5)9(15)11-6(10(16)17)4-7(14)18-2/h6H,3-4H2,1-2H3,(H,11,15)(H,16,17)/t6-/m0/s1. The number of rotatable bonds is 6. The number of nitrogens with one attached hydrogen (secondary N) is 1. The van der Waals surface area contributed by atoms with E-state index in [1.807, 2.05) is 0 Å². The van der Waals surface area contributed by atoms with Crippen LogP contribution < -0.4 is 5.32 Å². The second kappa shape index (κ2) is 6.78. The van der Waals surface area contributed by atoms with Crippen LogP contribution in [0.4, 0.5) is 0 Å². The second-order valence-corrected chi connectivity index (χ2v) is 4.30. The molecule has 0 aliphatic carbocycles. The summed E-state index contributed by atoms with van der Waals surface area (Å²) in [6.45, 7) is 1.80. The molecule has 9 heteroatoms. The van der Waals surface area contributed by atoms with Gasteiger partial charge in [0.05, 0.1) is 19.2 Å². The van der Waals surface area contributed by atoms with Gasteiger partial charge in [0, 0.05) is 0 Å². The van der Waals surface area contributed by atoms with Gasteiger partial charge in [-0.25, -0.2) is 4.79 Å². The van der Waals surface area contributed by atoms with Crippen LogP contribution in [0.3, 0.4) is 0 Å². The van der Waals surface area contributed by atoms with Gasteiger partial charge in [0.2, 0.25) is 0 Å². The van der Waals surface area contributed by atoms with E-state index < -0.39 is 30.3 Å². The number of hydrogen-bond donors (Lipinski definition) is 2. The fourth-order valence-corrected chi connectivity index (χ4v) is 1.94. The highest BCUT2D eigenvalue weighted by atomic mass is 32.1. The lowest BCUT2D eigenvalue weighted by molar-refractivity contribution is -0.147. The van der Waals surface area contributed by atoms with Gasteiger partial charge in [-0.2, -0.15) is 0 Å². The van der Waals surface area contributed by atoms with E-state index in [2.05, 4.69) is 19.6 Å². The maximum atomic E-state index is 11.9. The summed E-state index contributed by atoms with van der Waals surface area (Å²) < 4.78 is 8.01. The number of amides is 1. The lowest BCUT2D eigenvalue weighted by Gasteiger charge is -2.12. The number of ether oxygens (including phenoxy) is 1. The molecule has 2 N–H and O–H groups in total. The quantitative estimate of drug-likeness (QED) is 0.698. The normalized spacial score (nSPS) is 11.7. The number of nitrogens with zero attached hydrogens (tertiary/aromatic N) is 2. The van der Waals surface area contributed by atoms with Crippen molar-refractivity contribution in [2.45, 2.75) is 25.8 Å². The molecule has 1 heterocycles. The highest BCUT2D eigenvalue weighted by Crippen LogP contribution is 2.11. The van der Waals surface area contributed by atoms with Crippen LogP contribution >= 0.6 is 11.5 Å². The molecule has 0 spiro atoms. The molecule has 0 saturated carbocycles. The van der Waals surface area contributed by atoms with Crippen molar-refractivity contribution in [1.82, 2.24) is 14.9 Å². The molecule has 0 bridgehead atoms. The molecule has 8 nitrogen and oxygen atoms in total. The highest BCUT2D eigenvalue weighted by Gasteiger charge is 2.26. The van der Waals surface area contributed by atoms with E-state index in [9.17, 15) is 14.4 Å². The molecule has 19 heavy (non-hydrogen) atoms. The number of carboxylic acids is 1. The summed E-state index contributed by atoms with van der Waals surface area (Å²) in [5.74, 6) is -2.64. The fourth-order valence-electron chi connectivity index (χ4n) is 1.29. The second-order valence-electron chi connectivity index (χ2n) is 3.55. The van der Waals surface area contributed by atoms with E-state index in [4.69, 9.17) is 5.11 Å². The Morgan fingerprint density at radius 3 is 2.68 bits per heavy atom. The first-order valence-electron chi connectivity index (χ1n) is 5.41. The van der Waals surface area contributed by atoms with Crippen LogP contribution in [0.15, 0.2) is 0 Å². The fraction of sp³-hybridized carbons (Fsp3) is 0.500. The summed E-state index contributed by atoms with van der Waals surface area (Å²) in [6.07, 6.45) is 0.0687. The Kier molecular flexibility index (Phi) is 5.37. The third kappa shape index (κ3) is 3.98. The topological polar surface area (TPSA) is 118 Å². The molecule has 0 unspecified atom stereocenters. The van der Waals surface area contributed by atoms with Crippen LogP contribution in [0.1, 0.15) is 28.7 Å². The van der Waals surface area contributed by atoms with E-state index >= 15 is 0 Å². The van der Waals surface area contributed by atoms with E-state index in [1.165, 1.54) is 0 Å². The first kappa shape index (κ1) is 15.0. The monoisotopic (exact) mass is 287 g/mol.